The minimum Gasteiger partial charge on any atom is -0.283 e. The molecule has 0 saturated heterocycles. The standard InChI is InChI=1S/C20H13N5O/c26-20(17-6-5-13-3-1-2-4-14(13)11-17)25-10-9-15-12-16(7-8-18(15)25)19-21-23-24-22-19/h1-12H,(H,21,22,23,24). The summed E-state index contributed by atoms with van der Waals surface area (Å²) in [6.45, 7) is 0. The molecule has 1 N–H and O–H groups in total. The van der Waals surface area contributed by atoms with Gasteiger partial charge >= 0.3 is 0 Å². The highest BCUT2D eigenvalue weighted by Gasteiger charge is 2.13. The van der Waals surface area contributed by atoms with Crippen molar-refractivity contribution in [2.24, 2.45) is 0 Å². The number of benzene rings is 3. The van der Waals surface area contributed by atoms with Crippen molar-refractivity contribution in [2.75, 3.05) is 0 Å². The van der Waals surface area contributed by atoms with E-state index in [1.165, 1.54) is 0 Å². The molecule has 5 aromatic rings. The minimum atomic E-state index is -0.0573. The van der Waals surface area contributed by atoms with Gasteiger partial charge in [-0.15, -0.1) is 10.2 Å². The van der Waals surface area contributed by atoms with Gasteiger partial charge in [0.2, 0.25) is 5.82 Å². The van der Waals surface area contributed by atoms with Crippen LogP contribution < -0.4 is 0 Å². The number of hydrogen-bond donors (Lipinski definition) is 1. The molecule has 0 unspecified atom stereocenters. The Morgan fingerprint density at radius 2 is 1.77 bits per heavy atom. The molecule has 0 aliphatic rings. The molecule has 0 fully saturated rings. The van der Waals surface area contributed by atoms with Crippen LogP contribution in [0.5, 0.6) is 0 Å². The second-order valence-electron chi connectivity index (χ2n) is 6.06. The van der Waals surface area contributed by atoms with Crippen molar-refractivity contribution in [3.8, 4) is 11.4 Å². The van der Waals surface area contributed by atoms with Crippen LogP contribution in [0.1, 0.15) is 10.4 Å². The number of fused-ring (bicyclic) bond motifs is 2. The third-order valence-electron chi connectivity index (χ3n) is 4.51. The van der Waals surface area contributed by atoms with Crippen LogP contribution in [0, 0.1) is 0 Å². The monoisotopic (exact) mass is 339 g/mol. The average Bonchev–Trinajstić information content (AvgIpc) is 3.36. The molecule has 5 rings (SSSR count). The normalized spacial score (nSPS) is 11.2. The number of carbonyl (C=O) groups excluding carboxylic acids is 1. The van der Waals surface area contributed by atoms with Gasteiger partial charge in [-0.3, -0.25) is 9.36 Å². The molecular formula is C20H13N5O. The summed E-state index contributed by atoms with van der Waals surface area (Å²) in [5.74, 6) is 0.471. The van der Waals surface area contributed by atoms with Gasteiger partial charge in [0.25, 0.3) is 5.91 Å². The van der Waals surface area contributed by atoms with Gasteiger partial charge < -0.3 is 0 Å². The summed E-state index contributed by atoms with van der Waals surface area (Å²) in [7, 11) is 0. The first-order valence-corrected chi connectivity index (χ1v) is 8.18. The Kier molecular flexibility index (Phi) is 3.15. The van der Waals surface area contributed by atoms with E-state index < -0.39 is 0 Å². The summed E-state index contributed by atoms with van der Waals surface area (Å²) in [4.78, 5) is 13.0. The van der Waals surface area contributed by atoms with Crippen LogP contribution in [-0.2, 0) is 0 Å². The summed E-state index contributed by atoms with van der Waals surface area (Å²) < 4.78 is 1.67. The Morgan fingerprint density at radius 3 is 2.62 bits per heavy atom. The summed E-state index contributed by atoms with van der Waals surface area (Å²) in [5, 5.41) is 17.1. The van der Waals surface area contributed by atoms with E-state index in [4.69, 9.17) is 0 Å². The highest BCUT2D eigenvalue weighted by Crippen LogP contribution is 2.24. The molecule has 0 aliphatic heterocycles. The predicted octanol–water partition coefficient (Wildman–Crippen LogP) is 3.66. The first-order valence-electron chi connectivity index (χ1n) is 8.18. The molecule has 6 nitrogen and oxygen atoms in total. The zero-order valence-corrected chi connectivity index (χ0v) is 13.6. The average molecular weight is 339 g/mol. The van der Waals surface area contributed by atoms with E-state index in [0.717, 1.165) is 27.2 Å². The fraction of sp³-hybridized carbons (Fsp3) is 0. The van der Waals surface area contributed by atoms with Crippen molar-refractivity contribution >= 4 is 27.6 Å². The summed E-state index contributed by atoms with van der Waals surface area (Å²) >= 11 is 0. The number of carbonyl (C=O) groups is 1. The Hall–Kier alpha value is -3.80. The Bertz CT molecular complexity index is 1250. The first kappa shape index (κ1) is 14.5. The highest BCUT2D eigenvalue weighted by molar-refractivity contribution is 6.04. The topological polar surface area (TPSA) is 76.5 Å². The lowest BCUT2D eigenvalue weighted by Gasteiger charge is -2.06. The second-order valence-corrected chi connectivity index (χ2v) is 6.06. The Balaban J connectivity index is 1.58. The highest BCUT2D eigenvalue weighted by atomic mass is 16.2. The summed E-state index contributed by atoms with van der Waals surface area (Å²) in [6, 6.07) is 21.4. The van der Waals surface area contributed by atoms with Crippen LogP contribution in [0.4, 0.5) is 0 Å². The summed E-state index contributed by atoms with van der Waals surface area (Å²) in [5.41, 5.74) is 2.35. The van der Waals surface area contributed by atoms with Crippen molar-refractivity contribution in [2.45, 2.75) is 0 Å². The van der Waals surface area contributed by atoms with Gasteiger partial charge in [-0.25, -0.2) is 0 Å². The van der Waals surface area contributed by atoms with Crippen molar-refractivity contribution in [3.05, 3.63) is 78.5 Å². The Labute approximate surface area is 148 Å². The van der Waals surface area contributed by atoms with Gasteiger partial charge in [0.15, 0.2) is 0 Å². The van der Waals surface area contributed by atoms with Gasteiger partial charge in [-0.05, 0) is 52.4 Å². The maximum atomic E-state index is 13.0. The number of nitrogens with zero attached hydrogens (tertiary/aromatic N) is 4. The molecule has 2 heterocycles. The lowest BCUT2D eigenvalue weighted by Crippen LogP contribution is -2.10. The van der Waals surface area contributed by atoms with Crippen LogP contribution in [0.3, 0.4) is 0 Å². The molecule has 0 amide bonds. The maximum absolute atomic E-state index is 13.0. The molecule has 26 heavy (non-hydrogen) atoms. The quantitative estimate of drug-likeness (QED) is 0.532. The number of hydrogen-bond acceptors (Lipinski definition) is 4. The number of nitrogens with one attached hydrogen (secondary N) is 1. The zero-order valence-electron chi connectivity index (χ0n) is 13.6. The van der Waals surface area contributed by atoms with E-state index in [2.05, 4.69) is 20.6 Å². The smallest absolute Gasteiger partial charge is 0.262 e. The van der Waals surface area contributed by atoms with Crippen molar-refractivity contribution in [1.29, 1.82) is 0 Å². The van der Waals surface area contributed by atoms with Crippen LogP contribution in [0.25, 0.3) is 33.1 Å². The van der Waals surface area contributed by atoms with E-state index in [9.17, 15) is 4.79 Å². The van der Waals surface area contributed by atoms with Gasteiger partial charge in [0.05, 0.1) is 5.52 Å². The third-order valence-corrected chi connectivity index (χ3v) is 4.51. The number of tetrazole rings is 1. The molecule has 3 aromatic carbocycles. The molecule has 0 aliphatic carbocycles. The second kappa shape index (κ2) is 5.63. The first-order chi connectivity index (χ1) is 12.8. The van der Waals surface area contributed by atoms with Gasteiger partial charge in [-0.2, -0.15) is 5.21 Å². The molecule has 2 aromatic heterocycles. The molecule has 0 atom stereocenters. The zero-order chi connectivity index (χ0) is 17.5. The molecule has 0 saturated carbocycles. The SMILES string of the molecule is O=C(c1ccc2ccccc2c1)n1ccc2cc(-c3nn[nH]n3)ccc21. The summed E-state index contributed by atoms with van der Waals surface area (Å²) in [6.07, 6.45) is 1.79. The third kappa shape index (κ3) is 2.28. The molecule has 124 valence electrons. The number of aromatic nitrogens is 5. The van der Waals surface area contributed by atoms with E-state index in [0.29, 0.717) is 11.4 Å². The number of aromatic amines is 1. The van der Waals surface area contributed by atoms with Crippen LogP contribution in [0.15, 0.2) is 72.9 Å². The lowest BCUT2D eigenvalue weighted by molar-refractivity contribution is 0.0965. The lowest BCUT2D eigenvalue weighted by atomic mass is 10.1. The van der Waals surface area contributed by atoms with E-state index in [1.54, 1.807) is 10.8 Å². The van der Waals surface area contributed by atoms with Crippen LogP contribution in [0.2, 0.25) is 0 Å². The largest absolute Gasteiger partial charge is 0.283 e. The van der Waals surface area contributed by atoms with Gasteiger partial charge in [0, 0.05) is 22.7 Å². The fourth-order valence-corrected chi connectivity index (χ4v) is 3.20. The van der Waals surface area contributed by atoms with E-state index >= 15 is 0 Å². The van der Waals surface area contributed by atoms with Crippen molar-refractivity contribution in [1.82, 2.24) is 25.2 Å². The maximum Gasteiger partial charge on any atom is 0.262 e. The van der Waals surface area contributed by atoms with Crippen LogP contribution >= 0.6 is 0 Å². The predicted molar refractivity (Wildman–Crippen MR) is 98.8 cm³/mol. The molecular weight excluding hydrogens is 326 g/mol. The Morgan fingerprint density at radius 1 is 0.885 bits per heavy atom. The minimum absolute atomic E-state index is 0.0573. The fourth-order valence-electron chi connectivity index (χ4n) is 3.20. The van der Waals surface area contributed by atoms with Gasteiger partial charge in [-0.1, -0.05) is 30.3 Å². The van der Waals surface area contributed by atoms with Crippen molar-refractivity contribution < 1.29 is 4.79 Å². The van der Waals surface area contributed by atoms with Crippen molar-refractivity contribution in [3.63, 3.8) is 0 Å². The van der Waals surface area contributed by atoms with Gasteiger partial charge in [0.1, 0.15) is 0 Å². The van der Waals surface area contributed by atoms with E-state index in [-0.39, 0.29) is 5.91 Å². The molecule has 6 heteroatoms. The number of H-pyrrole nitrogens is 1. The number of rotatable bonds is 2. The molecule has 0 spiro atoms. The van der Waals surface area contributed by atoms with E-state index in [1.807, 2.05) is 66.7 Å². The molecule has 0 radical (unpaired) electrons. The van der Waals surface area contributed by atoms with Crippen LogP contribution in [-0.4, -0.2) is 31.1 Å². The molecule has 0 bridgehead atoms.